The lowest BCUT2D eigenvalue weighted by molar-refractivity contribution is 1.19. The van der Waals surface area contributed by atoms with Gasteiger partial charge in [-0.05, 0) is 30.7 Å². The van der Waals surface area contributed by atoms with Gasteiger partial charge in [0.1, 0.15) is 16.3 Å². The smallest absolute Gasteiger partial charge is 0.159 e. The molecule has 0 aliphatic rings. The van der Waals surface area contributed by atoms with E-state index in [1.807, 2.05) is 36.4 Å². The fourth-order valence-corrected chi connectivity index (χ4v) is 4.44. The molecule has 0 spiro atoms. The van der Waals surface area contributed by atoms with Crippen LogP contribution >= 0.6 is 22.9 Å². The van der Waals surface area contributed by atoms with E-state index in [9.17, 15) is 0 Å². The Balaban J connectivity index is 1.50. The first kappa shape index (κ1) is 18.7. The molecule has 0 amide bonds. The molecule has 0 radical (unpaired) electrons. The van der Waals surface area contributed by atoms with Crippen molar-refractivity contribution < 1.29 is 0 Å². The average molecular weight is 430 g/mol. The number of benzene rings is 2. The molecule has 0 aliphatic heterocycles. The Bertz CT molecular complexity index is 1400. The summed E-state index contributed by atoms with van der Waals surface area (Å²) in [5.41, 5.74) is 8.02. The van der Waals surface area contributed by atoms with Gasteiger partial charge >= 0.3 is 0 Å². The summed E-state index contributed by atoms with van der Waals surface area (Å²) in [5, 5.41) is 8.85. The highest BCUT2D eigenvalue weighted by Gasteiger charge is 2.12. The molecular weight excluding hydrogens is 414 g/mol. The number of aromatic nitrogens is 3. The lowest BCUT2D eigenvalue weighted by Gasteiger charge is -2.05. The standard InChI is InChI=1S/C23H16ClN5S/c1-14-7-8-19-16(9-14)10-17(21(24)28-19)11-27-29-22-20-18(15-5-3-2-4-6-15)12-30-23(20)26-13-25-22/h2-13H,1H3,(H,25,26,29)/b27-11-. The van der Waals surface area contributed by atoms with Gasteiger partial charge < -0.3 is 0 Å². The summed E-state index contributed by atoms with van der Waals surface area (Å²) in [6.07, 6.45) is 3.21. The second-order valence-corrected chi connectivity index (χ2v) is 8.07. The summed E-state index contributed by atoms with van der Waals surface area (Å²) >= 11 is 7.94. The molecule has 0 atom stereocenters. The minimum Gasteiger partial charge on any atom is -0.261 e. The summed E-state index contributed by atoms with van der Waals surface area (Å²) in [7, 11) is 0. The fraction of sp³-hybridized carbons (Fsp3) is 0.0435. The highest BCUT2D eigenvalue weighted by atomic mass is 35.5. The Morgan fingerprint density at radius 3 is 2.80 bits per heavy atom. The maximum atomic E-state index is 6.35. The first-order chi connectivity index (χ1) is 14.7. The lowest BCUT2D eigenvalue weighted by Crippen LogP contribution is -1.96. The van der Waals surface area contributed by atoms with Crippen LogP contribution in [0.25, 0.3) is 32.2 Å². The molecular formula is C23H16ClN5S. The van der Waals surface area contributed by atoms with Crippen molar-refractivity contribution in [3.8, 4) is 11.1 Å². The van der Waals surface area contributed by atoms with Crippen LogP contribution in [0.4, 0.5) is 5.82 Å². The number of hydrazone groups is 1. The van der Waals surface area contributed by atoms with E-state index in [-0.39, 0.29) is 0 Å². The molecule has 146 valence electrons. The van der Waals surface area contributed by atoms with Gasteiger partial charge in [-0.3, -0.25) is 5.43 Å². The van der Waals surface area contributed by atoms with Gasteiger partial charge in [-0.1, -0.05) is 53.6 Å². The Kier molecular flexibility index (Phi) is 4.86. The molecule has 0 saturated heterocycles. The number of thiophene rings is 1. The van der Waals surface area contributed by atoms with Crippen LogP contribution < -0.4 is 5.43 Å². The van der Waals surface area contributed by atoms with Crippen LogP contribution in [-0.4, -0.2) is 21.2 Å². The van der Waals surface area contributed by atoms with Crippen LogP contribution in [0.15, 0.2) is 71.4 Å². The van der Waals surface area contributed by atoms with Crippen LogP contribution in [0.2, 0.25) is 5.15 Å². The van der Waals surface area contributed by atoms with Crippen LogP contribution in [0.5, 0.6) is 0 Å². The number of pyridine rings is 1. The van der Waals surface area contributed by atoms with Crippen molar-refractivity contribution in [1.82, 2.24) is 15.0 Å². The Labute approximate surface area is 182 Å². The third kappa shape index (κ3) is 3.51. The summed E-state index contributed by atoms with van der Waals surface area (Å²) in [5.74, 6) is 0.650. The van der Waals surface area contributed by atoms with E-state index in [2.05, 4.69) is 56.0 Å². The highest BCUT2D eigenvalue weighted by molar-refractivity contribution is 7.17. The van der Waals surface area contributed by atoms with Crippen LogP contribution in [0.1, 0.15) is 11.1 Å². The molecule has 5 nitrogen and oxygen atoms in total. The SMILES string of the molecule is Cc1ccc2nc(Cl)c(/C=N\Nc3ncnc4scc(-c5ccccc5)c34)cc2c1. The molecule has 30 heavy (non-hydrogen) atoms. The van der Waals surface area contributed by atoms with Crippen molar-refractivity contribution in [2.24, 2.45) is 5.10 Å². The van der Waals surface area contributed by atoms with Crippen molar-refractivity contribution in [2.75, 3.05) is 5.43 Å². The third-order valence-electron chi connectivity index (χ3n) is 4.78. The third-order valence-corrected chi connectivity index (χ3v) is 5.97. The maximum absolute atomic E-state index is 6.35. The minimum atomic E-state index is 0.408. The topological polar surface area (TPSA) is 63.1 Å². The van der Waals surface area contributed by atoms with E-state index in [1.54, 1.807) is 23.9 Å². The number of hydrogen-bond donors (Lipinski definition) is 1. The largest absolute Gasteiger partial charge is 0.261 e. The normalized spacial score (nSPS) is 11.5. The van der Waals surface area contributed by atoms with Gasteiger partial charge in [-0.25, -0.2) is 15.0 Å². The van der Waals surface area contributed by atoms with Crippen LogP contribution in [0, 0.1) is 6.92 Å². The van der Waals surface area contributed by atoms with Gasteiger partial charge in [0.25, 0.3) is 0 Å². The Morgan fingerprint density at radius 2 is 1.93 bits per heavy atom. The summed E-state index contributed by atoms with van der Waals surface area (Å²) in [6.45, 7) is 2.05. The lowest BCUT2D eigenvalue weighted by atomic mass is 10.1. The number of nitrogens with one attached hydrogen (secondary N) is 1. The van der Waals surface area contributed by atoms with Gasteiger partial charge in [-0.2, -0.15) is 5.10 Å². The van der Waals surface area contributed by atoms with Crippen molar-refractivity contribution in [3.63, 3.8) is 0 Å². The van der Waals surface area contributed by atoms with Crippen molar-refractivity contribution >= 4 is 56.1 Å². The predicted molar refractivity (Wildman–Crippen MR) is 126 cm³/mol. The van der Waals surface area contributed by atoms with E-state index in [4.69, 9.17) is 11.6 Å². The zero-order valence-corrected chi connectivity index (χ0v) is 17.6. The quantitative estimate of drug-likeness (QED) is 0.206. The number of hydrogen-bond acceptors (Lipinski definition) is 6. The maximum Gasteiger partial charge on any atom is 0.159 e. The number of nitrogens with zero attached hydrogens (tertiary/aromatic N) is 4. The minimum absolute atomic E-state index is 0.408. The molecule has 3 heterocycles. The molecule has 5 rings (SSSR count). The number of rotatable bonds is 4. The highest BCUT2D eigenvalue weighted by Crippen LogP contribution is 2.36. The molecule has 2 aromatic carbocycles. The fourth-order valence-electron chi connectivity index (χ4n) is 3.33. The summed E-state index contributed by atoms with van der Waals surface area (Å²) in [4.78, 5) is 14.2. The first-order valence-corrected chi connectivity index (χ1v) is 10.6. The van der Waals surface area contributed by atoms with Gasteiger partial charge in [0.05, 0.1) is 17.1 Å². The Hall–Kier alpha value is -3.35. The number of anilines is 1. The molecule has 3 aromatic heterocycles. The molecule has 1 N–H and O–H groups in total. The molecule has 0 fully saturated rings. The summed E-state index contributed by atoms with van der Waals surface area (Å²) < 4.78 is 0. The molecule has 5 aromatic rings. The van der Waals surface area contributed by atoms with Crippen LogP contribution in [-0.2, 0) is 0 Å². The van der Waals surface area contributed by atoms with Crippen molar-refractivity contribution in [3.05, 3.63) is 82.6 Å². The number of fused-ring (bicyclic) bond motifs is 2. The first-order valence-electron chi connectivity index (χ1n) is 9.32. The van der Waals surface area contributed by atoms with Gasteiger partial charge in [0.2, 0.25) is 0 Å². The van der Waals surface area contributed by atoms with Crippen molar-refractivity contribution in [1.29, 1.82) is 0 Å². The molecule has 0 saturated carbocycles. The average Bonchev–Trinajstić information content (AvgIpc) is 3.20. The van der Waals surface area contributed by atoms with E-state index in [0.717, 1.165) is 37.8 Å². The van der Waals surface area contributed by atoms with Gasteiger partial charge in [0.15, 0.2) is 5.82 Å². The van der Waals surface area contributed by atoms with Crippen LogP contribution in [0.3, 0.4) is 0 Å². The van der Waals surface area contributed by atoms with E-state index >= 15 is 0 Å². The number of aryl methyl sites for hydroxylation is 1. The molecule has 0 aliphatic carbocycles. The second-order valence-electron chi connectivity index (χ2n) is 6.85. The monoisotopic (exact) mass is 429 g/mol. The zero-order valence-electron chi connectivity index (χ0n) is 16.0. The van der Waals surface area contributed by atoms with Gasteiger partial charge in [0, 0.05) is 21.9 Å². The van der Waals surface area contributed by atoms with E-state index < -0.39 is 0 Å². The Morgan fingerprint density at radius 1 is 1.07 bits per heavy atom. The summed E-state index contributed by atoms with van der Waals surface area (Å²) in [6, 6.07) is 18.2. The second kappa shape index (κ2) is 7.82. The predicted octanol–water partition coefficient (Wildman–Crippen LogP) is 6.31. The zero-order chi connectivity index (χ0) is 20.5. The molecule has 7 heteroatoms. The van der Waals surface area contributed by atoms with E-state index in [1.165, 1.54) is 5.56 Å². The van der Waals surface area contributed by atoms with Crippen molar-refractivity contribution in [2.45, 2.75) is 6.92 Å². The van der Waals surface area contributed by atoms with E-state index in [0.29, 0.717) is 11.0 Å². The number of halogens is 1. The molecule has 0 bridgehead atoms. The van der Waals surface area contributed by atoms with Gasteiger partial charge in [-0.15, -0.1) is 11.3 Å². The molecule has 0 unspecified atom stereocenters.